The van der Waals surface area contributed by atoms with E-state index in [9.17, 15) is 4.39 Å². The number of methoxy groups -OCH3 is 2. The molecule has 0 spiro atoms. The van der Waals surface area contributed by atoms with E-state index in [1.54, 1.807) is 18.2 Å². The first kappa shape index (κ1) is 13.3. The molecular weight excluding hydrogens is 237 g/mol. The monoisotopic (exact) mass is 255 g/mol. The molecule has 100 valence electrons. The molecule has 2 aliphatic rings. The van der Waals surface area contributed by atoms with Gasteiger partial charge in [-0.1, -0.05) is 12.7 Å². The maximum atomic E-state index is 14.3. The Morgan fingerprint density at radius 1 is 1.44 bits per heavy atom. The van der Waals surface area contributed by atoms with Gasteiger partial charge in [-0.15, -0.1) is 0 Å². The van der Waals surface area contributed by atoms with Crippen LogP contribution in [0.1, 0.15) is 0 Å². The van der Waals surface area contributed by atoms with E-state index in [1.165, 1.54) is 7.11 Å². The number of hydrogen-bond acceptors (Lipinski definition) is 4. The highest BCUT2D eigenvalue weighted by molar-refractivity contribution is 5.26. The minimum absolute atomic E-state index is 0.301. The van der Waals surface area contributed by atoms with Crippen LogP contribution >= 0.6 is 0 Å². The third kappa shape index (κ3) is 2.34. The second kappa shape index (κ2) is 5.65. The fourth-order valence-corrected chi connectivity index (χ4v) is 2.24. The number of rotatable bonds is 4. The number of alkyl halides is 1. The highest BCUT2D eigenvalue weighted by atomic mass is 19.1. The molecule has 4 nitrogen and oxygen atoms in total. The third-order valence-electron chi connectivity index (χ3n) is 3.12. The lowest BCUT2D eigenvalue weighted by atomic mass is 10.1. The summed E-state index contributed by atoms with van der Waals surface area (Å²) in [5, 5.41) is 0. The maximum absolute atomic E-state index is 14.3. The van der Waals surface area contributed by atoms with E-state index in [0.29, 0.717) is 12.3 Å². The van der Waals surface area contributed by atoms with Gasteiger partial charge in [0.05, 0.1) is 6.61 Å². The van der Waals surface area contributed by atoms with Gasteiger partial charge in [0.1, 0.15) is 12.2 Å². The molecule has 0 amide bonds. The van der Waals surface area contributed by atoms with Crippen molar-refractivity contribution in [3.63, 3.8) is 0 Å². The summed E-state index contributed by atoms with van der Waals surface area (Å²) in [6.07, 6.45) is 4.22. The molecule has 2 aliphatic heterocycles. The van der Waals surface area contributed by atoms with Crippen molar-refractivity contribution in [3.05, 3.63) is 36.7 Å². The van der Waals surface area contributed by atoms with E-state index in [-0.39, 0.29) is 0 Å². The summed E-state index contributed by atoms with van der Waals surface area (Å²) in [7, 11) is 3.03. The van der Waals surface area contributed by atoms with Crippen LogP contribution in [0.25, 0.3) is 0 Å². The molecule has 2 rings (SSSR count). The number of allylic oxidation sites excluding steroid dienone is 3. The van der Waals surface area contributed by atoms with Gasteiger partial charge in [0.15, 0.2) is 12.4 Å². The molecule has 0 saturated carbocycles. The third-order valence-corrected chi connectivity index (χ3v) is 3.12. The molecule has 0 N–H and O–H groups in total. The van der Waals surface area contributed by atoms with Gasteiger partial charge >= 0.3 is 0 Å². The highest BCUT2D eigenvalue weighted by Gasteiger charge is 2.47. The predicted molar refractivity (Wildman–Crippen MR) is 65.5 cm³/mol. The smallest absolute Gasteiger partial charge is 0.174 e. The van der Waals surface area contributed by atoms with E-state index in [0.717, 1.165) is 0 Å². The molecule has 5 heteroatoms. The number of hydrogen-bond donors (Lipinski definition) is 0. The van der Waals surface area contributed by atoms with E-state index in [1.807, 2.05) is 18.2 Å². The van der Waals surface area contributed by atoms with E-state index < -0.39 is 24.6 Å². The lowest BCUT2D eigenvalue weighted by Crippen LogP contribution is -2.39. The topological polar surface area (TPSA) is 30.9 Å². The van der Waals surface area contributed by atoms with Crippen LogP contribution in [0.4, 0.5) is 4.39 Å². The molecule has 0 radical (unpaired) electrons. The van der Waals surface area contributed by atoms with Gasteiger partial charge in [0.2, 0.25) is 0 Å². The Balaban J connectivity index is 2.12. The summed E-state index contributed by atoms with van der Waals surface area (Å²) in [6.45, 7) is 4.17. The van der Waals surface area contributed by atoms with Crippen LogP contribution in [0.3, 0.4) is 0 Å². The molecule has 1 saturated heterocycles. The summed E-state index contributed by atoms with van der Waals surface area (Å²) < 4.78 is 30.2. The van der Waals surface area contributed by atoms with Gasteiger partial charge in [0, 0.05) is 26.1 Å². The normalized spacial score (nSPS) is 35.5. The number of halogens is 1. The Hall–Kier alpha value is -1.17. The molecule has 1 fully saturated rings. The van der Waals surface area contributed by atoms with Crippen LogP contribution in [0.5, 0.6) is 0 Å². The fourth-order valence-electron chi connectivity index (χ4n) is 2.24. The van der Waals surface area contributed by atoms with Crippen molar-refractivity contribution < 1.29 is 18.6 Å². The fraction of sp³-hybridized carbons (Fsp3) is 0.538. The van der Waals surface area contributed by atoms with Crippen LogP contribution < -0.4 is 0 Å². The highest BCUT2D eigenvalue weighted by Crippen LogP contribution is 2.31. The predicted octanol–water partition coefficient (Wildman–Crippen LogP) is 1.61. The van der Waals surface area contributed by atoms with E-state index in [4.69, 9.17) is 14.2 Å². The van der Waals surface area contributed by atoms with Crippen LogP contribution in [0.15, 0.2) is 36.7 Å². The van der Waals surface area contributed by atoms with Gasteiger partial charge in [-0.25, -0.2) is 4.39 Å². The Bertz CT molecular complexity index is 369. The second-order valence-electron chi connectivity index (χ2n) is 4.26. The first-order chi connectivity index (χ1) is 8.69. The Morgan fingerprint density at radius 2 is 2.22 bits per heavy atom. The number of ether oxygens (including phenoxy) is 3. The van der Waals surface area contributed by atoms with Crippen LogP contribution in [0, 0.1) is 0 Å². The number of nitrogens with zero attached hydrogens (tertiary/aromatic N) is 1. The van der Waals surface area contributed by atoms with Crippen molar-refractivity contribution in [1.82, 2.24) is 4.90 Å². The van der Waals surface area contributed by atoms with Crippen molar-refractivity contribution in [1.29, 1.82) is 0 Å². The van der Waals surface area contributed by atoms with Gasteiger partial charge in [-0.3, -0.25) is 0 Å². The van der Waals surface area contributed by atoms with Gasteiger partial charge in [-0.2, -0.15) is 0 Å². The van der Waals surface area contributed by atoms with Crippen LogP contribution in [-0.2, 0) is 14.2 Å². The second-order valence-corrected chi connectivity index (χ2v) is 4.26. The average Bonchev–Trinajstić information content (AvgIpc) is 2.67. The van der Waals surface area contributed by atoms with Crippen molar-refractivity contribution in [2.45, 2.75) is 24.6 Å². The summed E-state index contributed by atoms with van der Waals surface area (Å²) in [6, 6.07) is 0. The van der Waals surface area contributed by atoms with E-state index >= 15 is 0 Å². The summed E-state index contributed by atoms with van der Waals surface area (Å²) >= 11 is 0. The Kier molecular flexibility index (Phi) is 4.16. The zero-order valence-electron chi connectivity index (χ0n) is 10.6. The quantitative estimate of drug-likeness (QED) is 0.763. The molecule has 0 aromatic carbocycles. The first-order valence-corrected chi connectivity index (χ1v) is 5.82. The summed E-state index contributed by atoms with van der Waals surface area (Å²) in [5.74, 6) is 0. The first-order valence-electron chi connectivity index (χ1n) is 5.82. The van der Waals surface area contributed by atoms with Crippen molar-refractivity contribution in [3.8, 4) is 0 Å². The zero-order chi connectivity index (χ0) is 13.1. The van der Waals surface area contributed by atoms with Crippen LogP contribution in [-0.4, -0.2) is 50.3 Å². The minimum atomic E-state index is -1.25. The molecule has 4 atom stereocenters. The SMILES string of the molecule is C=C1C=CC=CN1[C@@H]1O[C@H](COC)[C@@H](OC)[C@H]1F. The standard InChI is InChI=1S/C13H18FNO3/c1-9-6-4-5-7-15(9)13-11(14)12(17-3)10(18-13)8-16-2/h4-7,10-13H,1,8H2,2-3H3/t10-,11-,12-,13-/m1/s1. The molecule has 0 unspecified atom stereocenters. The Labute approximate surface area is 106 Å². The maximum Gasteiger partial charge on any atom is 0.174 e. The molecule has 0 aliphatic carbocycles. The summed E-state index contributed by atoms with van der Waals surface area (Å²) in [5.41, 5.74) is 0.693. The Morgan fingerprint density at radius 3 is 2.83 bits per heavy atom. The lowest BCUT2D eigenvalue weighted by Gasteiger charge is -2.30. The molecule has 0 aromatic rings. The van der Waals surface area contributed by atoms with Crippen molar-refractivity contribution in [2.24, 2.45) is 0 Å². The van der Waals surface area contributed by atoms with Crippen molar-refractivity contribution >= 4 is 0 Å². The molecule has 0 bridgehead atoms. The van der Waals surface area contributed by atoms with Gasteiger partial charge in [-0.05, 0) is 12.2 Å². The minimum Gasteiger partial charge on any atom is -0.382 e. The average molecular weight is 255 g/mol. The van der Waals surface area contributed by atoms with Crippen LogP contribution in [0.2, 0.25) is 0 Å². The largest absolute Gasteiger partial charge is 0.382 e. The molecule has 2 heterocycles. The molecular formula is C13H18FNO3. The lowest BCUT2D eigenvalue weighted by molar-refractivity contribution is -0.0705. The zero-order valence-corrected chi connectivity index (χ0v) is 10.6. The molecule has 0 aromatic heterocycles. The van der Waals surface area contributed by atoms with Gasteiger partial charge in [0.25, 0.3) is 0 Å². The van der Waals surface area contributed by atoms with E-state index in [2.05, 4.69) is 6.58 Å². The summed E-state index contributed by atoms with van der Waals surface area (Å²) in [4.78, 5) is 1.67. The van der Waals surface area contributed by atoms with Crippen molar-refractivity contribution in [2.75, 3.05) is 20.8 Å². The molecule has 18 heavy (non-hydrogen) atoms. The van der Waals surface area contributed by atoms with Gasteiger partial charge < -0.3 is 19.1 Å².